The summed E-state index contributed by atoms with van der Waals surface area (Å²) in [5, 5.41) is 13.8. The van der Waals surface area contributed by atoms with Gasteiger partial charge in [-0.1, -0.05) is 36.4 Å². The van der Waals surface area contributed by atoms with Crippen LogP contribution in [0.25, 0.3) is 0 Å². The van der Waals surface area contributed by atoms with Crippen molar-refractivity contribution in [1.82, 2.24) is 5.32 Å². The Kier molecular flexibility index (Phi) is 6.74. The molecular formula is C19H23N3O5S. The molecular weight excluding hydrogens is 382 g/mol. The zero-order chi connectivity index (χ0) is 20.9. The number of carbonyl (C=O) groups is 1. The van der Waals surface area contributed by atoms with Crippen LogP contribution in [0.3, 0.4) is 0 Å². The fraction of sp³-hybridized carbons (Fsp3) is 0.316. The van der Waals surface area contributed by atoms with Crippen molar-refractivity contribution in [3.63, 3.8) is 0 Å². The molecule has 0 bridgehead atoms. The topological polar surface area (TPSA) is 110 Å². The molecule has 150 valence electrons. The van der Waals surface area contributed by atoms with Gasteiger partial charge in [0.05, 0.1) is 16.9 Å². The lowest BCUT2D eigenvalue weighted by Gasteiger charge is -2.29. The first-order valence-corrected chi connectivity index (χ1v) is 10.5. The first-order valence-electron chi connectivity index (χ1n) is 8.67. The van der Waals surface area contributed by atoms with Crippen molar-refractivity contribution in [2.75, 3.05) is 17.1 Å². The average molecular weight is 405 g/mol. The van der Waals surface area contributed by atoms with Crippen molar-refractivity contribution < 1.29 is 18.1 Å². The summed E-state index contributed by atoms with van der Waals surface area (Å²) in [5.41, 5.74) is 1.43. The molecule has 0 aliphatic heterocycles. The molecule has 2 rings (SSSR count). The molecule has 9 heteroatoms. The summed E-state index contributed by atoms with van der Waals surface area (Å²) in [6, 6.07) is 12.4. The molecule has 1 amide bonds. The van der Waals surface area contributed by atoms with Gasteiger partial charge < -0.3 is 5.32 Å². The Morgan fingerprint density at radius 3 is 2.43 bits per heavy atom. The van der Waals surface area contributed by atoms with E-state index in [0.717, 1.165) is 16.1 Å². The standard InChI is InChI=1S/C19H23N3O5S/c1-14-9-10-17(22(24)25)13-18(14)21(28(3,26)27)15(2)19(23)20-12-11-16-7-5-4-6-8-16/h4-10,13,15H,11-12H2,1-3H3,(H,20,23)/t15-/m1/s1. The van der Waals surface area contributed by atoms with Gasteiger partial charge in [-0.05, 0) is 31.4 Å². The van der Waals surface area contributed by atoms with Gasteiger partial charge in [0.15, 0.2) is 0 Å². The maximum absolute atomic E-state index is 12.6. The van der Waals surface area contributed by atoms with Gasteiger partial charge >= 0.3 is 0 Å². The van der Waals surface area contributed by atoms with E-state index in [1.807, 2.05) is 30.3 Å². The van der Waals surface area contributed by atoms with Gasteiger partial charge in [-0.25, -0.2) is 8.42 Å². The predicted molar refractivity (Wildman–Crippen MR) is 108 cm³/mol. The highest BCUT2D eigenvalue weighted by Crippen LogP contribution is 2.29. The average Bonchev–Trinajstić information content (AvgIpc) is 2.62. The lowest BCUT2D eigenvalue weighted by atomic mass is 10.1. The first kappa shape index (κ1) is 21.4. The maximum atomic E-state index is 12.6. The normalized spacial score (nSPS) is 12.2. The summed E-state index contributed by atoms with van der Waals surface area (Å²) < 4.78 is 25.7. The summed E-state index contributed by atoms with van der Waals surface area (Å²) in [5.74, 6) is -0.479. The van der Waals surface area contributed by atoms with Crippen LogP contribution in [0.2, 0.25) is 0 Å². The number of sulfonamides is 1. The van der Waals surface area contributed by atoms with E-state index in [-0.39, 0.29) is 11.4 Å². The molecule has 0 radical (unpaired) electrons. The second-order valence-corrected chi connectivity index (χ2v) is 8.35. The minimum atomic E-state index is -3.85. The van der Waals surface area contributed by atoms with E-state index in [1.165, 1.54) is 25.1 Å². The second-order valence-electron chi connectivity index (χ2n) is 6.49. The van der Waals surface area contributed by atoms with Crippen LogP contribution in [0.4, 0.5) is 11.4 Å². The van der Waals surface area contributed by atoms with Gasteiger partial charge in [0.25, 0.3) is 5.69 Å². The van der Waals surface area contributed by atoms with Crippen molar-refractivity contribution in [1.29, 1.82) is 0 Å². The number of amides is 1. The van der Waals surface area contributed by atoms with Gasteiger partial charge in [0.2, 0.25) is 15.9 Å². The first-order chi connectivity index (χ1) is 13.1. The summed E-state index contributed by atoms with van der Waals surface area (Å²) in [4.78, 5) is 23.0. The molecule has 1 atom stereocenters. The number of nitrogens with one attached hydrogen (secondary N) is 1. The lowest BCUT2D eigenvalue weighted by molar-refractivity contribution is -0.384. The van der Waals surface area contributed by atoms with E-state index in [2.05, 4.69) is 5.32 Å². The Hall–Kier alpha value is -2.94. The van der Waals surface area contributed by atoms with Gasteiger partial charge in [0.1, 0.15) is 6.04 Å². The van der Waals surface area contributed by atoms with Gasteiger partial charge in [0, 0.05) is 18.7 Å². The number of non-ortho nitro benzene ring substituents is 1. The van der Waals surface area contributed by atoms with Gasteiger partial charge in [-0.3, -0.25) is 19.2 Å². The van der Waals surface area contributed by atoms with Crippen LogP contribution in [-0.2, 0) is 21.2 Å². The van der Waals surface area contributed by atoms with Crippen molar-refractivity contribution in [3.05, 3.63) is 69.8 Å². The molecule has 0 fully saturated rings. The van der Waals surface area contributed by atoms with Crippen LogP contribution in [0.5, 0.6) is 0 Å². The number of benzene rings is 2. The monoisotopic (exact) mass is 405 g/mol. The van der Waals surface area contributed by atoms with E-state index in [1.54, 1.807) is 6.92 Å². The molecule has 0 aliphatic carbocycles. The predicted octanol–water partition coefficient (Wildman–Crippen LogP) is 2.42. The van der Waals surface area contributed by atoms with E-state index < -0.39 is 26.9 Å². The molecule has 0 spiro atoms. The van der Waals surface area contributed by atoms with Crippen LogP contribution in [0, 0.1) is 17.0 Å². The largest absolute Gasteiger partial charge is 0.354 e. The zero-order valence-corrected chi connectivity index (χ0v) is 16.8. The number of anilines is 1. The summed E-state index contributed by atoms with van der Waals surface area (Å²) in [7, 11) is -3.85. The van der Waals surface area contributed by atoms with Crippen molar-refractivity contribution in [3.8, 4) is 0 Å². The van der Waals surface area contributed by atoms with Gasteiger partial charge in [-0.2, -0.15) is 0 Å². The van der Waals surface area contributed by atoms with Crippen molar-refractivity contribution >= 4 is 27.3 Å². The van der Waals surface area contributed by atoms with E-state index in [0.29, 0.717) is 18.5 Å². The van der Waals surface area contributed by atoms with Crippen LogP contribution >= 0.6 is 0 Å². The molecule has 1 N–H and O–H groups in total. The number of nitro benzene ring substituents is 1. The minimum Gasteiger partial charge on any atom is -0.354 e. The number of nitro groups is 1. The molecule has 8 nitrogen and oxygen atoms in total. The molecule has 28 heavy (non-hydrogen) atoms. The molecule has 0 saturated heterocycles. The molecule has 0 heterocycles. The number of hydrogen-bond donors (Lipinski definition) is 1. The van der Waals surface area contributed by atoms with Crippen LogP contribution in [0.1, 0.15) is 18.1 Å². The van der Waals surface area contributed by atoms with E-state index >= 15 is 0 Å². The van der Waals surface area contributed by atoms with Crippen LogP contribution in [0.15, 0.2) is 48.5 Å². The number of nitrogens with zero attached hydrogens (tertiary/aromatic N) is 2. The maximum Gasteiger partial charge on any atom is 0.271 e. The third kappa shape index (κ3) is 5.29. The number of hydrogen-bond acceptors (Lipinski definition) is 5. The Bertz CT molecular complexity index is 961. The Balaban J connectivity index is 2.22. The summed E-state index contributed by atoms with van der Waals surface area (Å²) in [6.07, 6.45) is 1.58. The van der Waals surface area contributed by atoms with E-state index in [4.69, 9.17) is 0 Å². The Morgan fingerprint density at radius 1 is 1.21 bits per heavy atom. The van der Waals surface area contributed by atoms with Crippen molar-refractivity contribution in [2.24, 2.45) is 0 Å². The highest BCUT2D eigenvalue weighted by atomic mass is 32.2. The minimum absolute atomic E-state index is 0.113. The highest BCUT2D eigenvalue weighted by molar-refractivity contribution is 7.92. The van der Waals surface area contributed by atoms with Crippen molar-refractivity contribution in [2.45, 2.75) is 26.3 Å². The lowest BCUT2D eigenvalue weighted by Crippen LogP contribution is -2.48. The quantitative estimate of drug-likeness (QED) is 0.536. The third-order valence-corrected chi connectivity index (χ3v) is 5.51. The molecule has 0 aliphatic rings. The number of aryl methyl sites for hydroxylation is 1. The van der Waals surface area contributed by atoms with Crippen LogP contribution < -0.4 is 9.62 Å². The fourth-order valence-electron chi connectivity index (χ4n) is 2.85. The molecule has 2 aromatic carbocycles. The zero-order valence-electron chi connectivity index (χ0n) is 16.0. The summed E-state index contributed by atoms with van der Waals surface area (Å²) in [6.45, 7) is 3.44. The third-order valence-electron chi connectivity index (χ3n) is 4.29. The molecule has 0 aromatic heterocycles. The summed E-state index contributed by atoms with van der Waals surface area (Å²) >= 11 is 0. The molecule has 0 unspecified atom stereocenters. The smallest absolute Gasteiger partial charge is 0.271 e. The second kappa shape index (κ2) is 8.83. The SMILES string of the molecule is Cc1ccc([N+](=O)[O-])cc1N([C@H](C)C(=O)NCCc1ccccc1)S(C)(=O)=O. The number of rotatable bonds is 8. The highest BCUT2D eigenvalue weighted by Gasteiger charge is 2.31. The Morgan fingerprint density at radius 2 is 1.86 bits per heavy atom. The molecule has 2 aromatic rings. The number of carbonyl (C=O) groups excluding carboxylic acids is 1. The molecule has 0 saturated carbocycles. The van der Waals surface area contributed by atoms with Crippen LogP contribution in [-0.4, -0.2) is 38.1 Å². The van der Waals surface area contributed by atoms with Gasteiger partial charge in [-0.15, -0.1) is 0 Å². The van der Waals surface area contributed by atoms with E-state index in [9.17, 15) is 23.3 Å². The fourth-order valence-corrected chi connectivity index (χ4v) is 4.08. The Labute approximate surface area is 164 Å².